The van der Waals surface area contributed by atoms with Crippen LogP contribution in [-0.2, 0) is 11.2 Å². The van der Waals surface area contributed by atoms with Crippen molar-refractivity contribution in [1.29, 1.82) is 0 Å². The highest BCUT2D eigenvalue weighted by molar-refractivity contribution is 5.74. The highest BCUT2D eigenvalue weighted by atomic mass is 16.2. The number of amides is 3. The van der Waals surface area contributed by atoms with E-state index in [9.17, 15) is 9.59 Å². The van der Waals surface area contributed by atoms with E-state index < -0.39 is 0 Å². The Labute approximate surface area is 126 Å². The predicted octanol–water partition coefficient (Wildman–Crippen LogP) is 1.59. The van der Waals surface area contributed by atoms with Gasteiger partial charge in [0.05, 0.1) is 0 Å². The lowest BCUT2D eigenvalue weighted by molar-refractivity contribution is -0.118. The molecule has 0 fully saturated rings. The summed E-state index contributed by atoms with van der Waals surface area (Å²) in [5.74, 6) is -0.0949. The molecular weight excluding hydrogens is 266 g/mol. The van der Waals surface area contributed by atoms with Crippen molar-refractivity contribution in [3.05, 3.63) is 34.4 Å². The number of carbonyl (C=O) groups is 2. The fraction of sp³-hybridized carbons (Fsp3) is 0.500. The van der Waals surface area contributed by atoms with Crippen molar-refractivity contribution in [2.45, 2.75) is 34.1 Å². The van der Waals surface area contributed by atoms with Gasteiger partial charge >= 0.3 is 6.03 Å². The highest BCUT2D eigenvalue weighted by Crippen LogP contribution is 2.16. The maximum absolute atomic E-state index is 11.6. The van der Waals surface area contributed by atoms with Gasteiger partial charge in [-0.1, -0.05) is 17.7 Å². The number of hydrogen-bond donors (Lipinski definition) is 3. The lowest BCUT2D eigenvalue weighted by atomic mass is 9.97. The van der Waals surface area contributed by atoms with Gasteiger partial charge in [0.1, 0.15) is 0 Å². The summed E-state index contributed by atoms with van der Waals surface area (Å²) >= 11 is 0. The molecule has 0 bridgehead atoms. The Morgan fingerprint density at radius 3 is 2.00 bits per heavy atom. The van der Waals surface area contributed by atoms with Crippen LogP contribution in [0.15, 0.2) is 12.1 Å². The van der Waals surface area contributed by atoms with Crippen LogP contribution in [0.3, 0.4) is 0 Å². The van der Waals surface area contributed by atoms with E-state index in [1.165, 1.54) is 29.2 Å². The van der Waals surface area contributed by atoms with Crippen molar-refractivity contribution in [3.63, 3.8) is 0 Å². The van der Waals surface area contributed by atoms with E-state index in [0.717, 1.165) is 6.42 Å². The van der Waals surface area contributed by atoms with Crippen molar-refractivity contribution in [2.75, 3.05) is 19.6 Å². The topological polar surface area (TPSA) is 70.2 Å². The quantitative estimate of drug-likeness (QED) is 0.697. The number of nitrogens with one attached hydrogen (secondary N) is 3. The molecule has 0 saturated heterocycles. The van der Waals surface area contributed by atoms with Crippen LogP contribution >= 0.6 is 0 Å². The van der Waals surface area contributed by atoms with Crippen LogP contribution < -0.4 is 16.0 Å². The first-order chi connectivity index (χ1) is 9.90. The molecule has 0 spiro atoms. The standard InChI is InChI=1S/C16H25N3O2/c1-11-9-12(2)15(13(3)10-11)5-6-18-16(21)19-8-7-17-14(4)20/h9-10H,5-8H2,1-4H3,(H,17,20)(H2,18,19,21). The van der Waals surface area contributed by atoms with Gasteiger partial charge in [0.2, 0.25) is 5.91 Å². The molecule has 0 aliphatic rings. The number of urea groups is 1. The van der Waals surface area contributed by atoms with Crippen molar-refractivity contribution in [2.24, 2.45) is 0 Å². The molecular formula is C16H25N3O2. The maximum atomic E-state index is 11.6. The van der Waals surface area contributed by atoms with Crippen LogP contribution in [0, 0.1) is 20.8 Å². The van der Waals surface area contributed by atoms with Crippen molar-refractivity contribution < 1.29 is 9.59 Å². The Hall–Kier alpha value is -2.04. The van der Waals surface area contributed by atoms with Gasteiger partial charge in [-0.2, -0.15) is 0 Å². The summed E-state index contributed by atoms with van der Waals surface area (Å²) in [5, 5.41) is 8.15. The van der Waals surface area contributed by atoms with Gasteiger partial charge in [-0.3, -0.25) is 4.79 Å². The van der Waals surface area contributed by atoms with E-state index in [1.807, 2.05) is 0 Å². The summed E-state index contributed by atoms with van der Waals surface area (Å²) in [6.45, 7) is 9.20. The fourth-order valence-electron chi connectivity index (χ4n) is 2.38. The van der Waals surface area contributed by atoms with Gasteiger partial charge in [-0.25, -0.2) is 4.79 Å². The van der Waals surface area contributed by atoms with E-state index in [1.54, 1.807) is 0 Å². The van der Waals surface area contributed by atoms with Crippen LogP contribution in [0.5, 0.6) is 0 Å². The molecule has 0 heterocycles. The largest absolute Gasteiger partial charge is 0.355 e. The third-order valence-corrected chi connectivity index (χ3v) is 3.29. The Kier molecular flexibility index (Phi) is 6.72. The summed E-state index contributed by atoms with van der Waals surface area (Å²) in [6.07, 6.45) is 0.817. The van der Waals surface area contributed by atoms with E-state index in [4.69, 9.17) is 0 Å². The van der Waals surface area contributed by atoms with Crippen molar-refractivity contribution >= 4 is 11.9 Å². The zero-order valence-corrected chi connectivity index (χ0v) is 13.3. The molecule has 5 nitrogen and oxygen atoms in total. The average molecular weight is 291 g/mol. The van der Waals surface area contributed by atoms with Gasteiger partial charge in [-0.05, 0) is 43.9 Å². The molecule has 0 radical (unpaired) electrons. The Morgan fingerprint density at radius 2 is 1.43 bits per heavy atom. The monoisotopic (exact) mass is 291 g/mol. The molecule has 0 aromatic heterocycles. The molecule has 0 atom stereocenters. The van der Waals surface area contributed by atoms with Crippen LogP contribution in [0.25, 0.3) is 0 Å². The second kappa shape index (κ2) is 8.29. The second-order valence-electron chi connectivity index (χ2n) is 5.29. The second-order valence-corrected chi connectivity index (χ2v) is 5.29. The Morgan fingerprint density at radius 1 is 0.905 bits per heavy atom. The zero-order valence-electron chi connectivity index (χ0n) is 13.3. The normalized spacial score (nSPS) is 10.1. The number of aryl methyl sites for hydroxylation is 3. The zero-order chi connectivity index (χ0) is 15.8. The van der Waals surface area contributed by atoms with Gasteiger partial charge in [0.15, 0.2) is 0 Å². The first-order valence-electron chi connectivity index (χ1n) is 7.23. The Balaban J connectivity index is 2.30. The minimum atomic E-state index is -0.206. The lowest BCUT2D eigenvalue weighted by Crippen LogP contribution is -2.40. The average Bonchev–Trinajstić information content (AvgIpc) is 2.37. The molecule has 21 heavy (non-hydrogen) atoms. The molecule has 5 heteroatoms. The van der Waals surface area contributed by atoms with Gasteiger partial charge in [0.25, 0.3) is 0 Å². The fourth-order valence-corrected chi connectivity index (χ4v) is 2.38. The van der Waals surface area contributed by atoms with Gasteiger partial charge in [0, 0.05) is 26.6 Å². The van der Waals surface area contributed by atoms with E-state index in [2.05, 4.69) is 48.9 Å². The van der Waals surface area contributed by atoms with Crippen molar-refractivity contribution in [3.8, 4) is 0 Å². The van der Waals surface area contributed by atoms with Gasteiger partial charge < -0.3 is 16.0 Å². The number of carbonyl (C=O) groups excluding carboxylic acids is 2. The first-order valence-corrected chi connectivity index (χ1v) is 7.23. The summed E-state index contributed by atoms with van der Waals surface area (Å²) < 4.78 is 0. The molecule has 116 valence electrons. The molecule has 0 aliphatic heterocycles. The molecule has 0 unspecified atom stereocenters. The predicted molar refractivity (Wildman–Crippen MR) is 84.4 cm³/mol. The summed E-state index contributed by atoms with van der Waals surface area (Å²) in [4.78, 5) is 22.2. The minimum Gasteiger partial charge on any atom is -0.355 e. The third-order valence-electron chi connectivity index (χ3n) is 3.29. The molecule has 1 aromatic carbocycles. The Bertz CT molecular complexity index is 489. The number of rotatable bonds is 6. The first kappa shape index (κ1) is 17.0. The smallest absolute Gasteiger partial charge is 0.314 e. The number of hydrogen-bond acceptors (Lipinski definition) is 2. The molecule has 1 rings (SSSR count). The van der Waals surface area contributed by atoms with Crippen LogP contribution in [0.2, 0.25) is 0 Å². The van der Waals surface area contributed by atoms with E-state index in [0.29, 0.717) is 19.6 Å². The maximum Gasteiger partial charge on any atom is 0.314 e. The molecule has 0 aliphatic carbocycles. The van der Waals surface area contributed by atoms with Crippen molar-refractivity contribution in [1.82, 2.24) is 16.0 Å². The lowest BCUT2D eigenvalue weighted by Gasteiger charge is -2.12. The highest BCUT2D eigenvalue weighted by Gasteiger charge is 2.05. The molecule has 3 N–H and O–H groups in total. The van der Waals surface area contributed by atoms with Crippen LogP contribution in [-0.4, -0.2) is 31.6 Å². The summed E-state index contributed by atoms with van der Waals surface area (Å²) in [6, 6.07) is 4.12. The number of benzene rings is 1. The molecule has 1 aromatic rings. The van der Waals surface area contributed by atoms with Gasteiger partial charge in [-0.15, -0.1) is 0 Å². The van der Waals surface area contributed by atoms with Crippen LogP contribution in [0.4, 0.5) is 4.79 Å². The summed E-state index contributed by atoms with van der Waals surface area (Å²) in [7, 11) is 0. The minimum absolute atomic E-state index is 0.0949. The molecule has 0 saturated carbocycles. The van der Waals surface area contributed by atoms with E-state index in [-0.39, 0.29) is 11.9 Å². The van der Waals surface area contributed by atoms with Crippen LogP contribution in [0.1, 0.15) is 29.2 Å². The third kappa shape index (κ3) is 6.29. The van der Waals surface area contributed by atoms with E-state index >= 15 is 0 Å². The summed E-state index contributed by atoms with van der Waals surface area (Å²) in [5.41, 5.74) is 5.08. The SMILES string of the molecule is CC(=O)NCCNC(=O)NCCc1c(C)cc(C)cc1C. The molecule has 3 amide bonds.